The molecule has 0 fully saturated rings. The van der Waals surface area contributed by atoms with Crippen LogP contribution in [-0.2, 0) is 9.09 Å². The molecule has 0 saturated heterocycles. The molecule has 2 atom stereocenters. The van der Waals surface area contributed by atoms with Crippen LogP contribution in [0, 0.1) is 3.57 Å². The van der Waals surface area contributed by atoms with Crippen molar-refractivity contribution < 1.29 is 33.2 Å². The first-order valence-electron chi connectivity index (χ1n) is 9.02. The molecule has 0 radical (unpaired) electrons. The lowest BCUT2D eigenvalue weighted by molar-refractivity contribution is -0.0597. The molecular weight excluding hydrogens is 524 g/mol. The fraction of sp³-hybridized carbons (Fsp3) is 0.300. The van der Waals surface area contributed by atoms with E-state index in [0.717, 1.165) is 3.57 Å². The topological polar surface area (TPSA) is 122 Å². The summed E-state index contributed by atoms with van der Waals surface area (Å²) in [5.41, 5.74) is -0.0279. The van der Waals surface area contributed by atoms with Crippen LogP contribution in [0.4, 0.5) is 0 Å². The summed E-state index contributed by atoms with van der Waals surface area (Å²) in [5, 5.41) is 2.81. The summed E-state index contributed by atoms with van der Waals surface area (Å²) in [7, 11) is -4.92. The van der Waals surface area contributed by atoms with E-state index in [1.165, 1.54) is 6.92 Å². The van der Waals surface area contributed by atoms with Crippen molar-refractivity contribution in [1.29, 1.82) is 0 Å². The Morgan fingerprint density at radius 3 is 2.47 bits per heavy atom. The molecule has 0 aliphatic carbocycles. The quantitative estimate of drug-likeness (QED) is 0.298. The van der Waals surface area contributed by atoms with Gasteiger partial charge in [0.25, 0.3) is 5.91 Å². The molecule has 1 aliphatic heterocycles. The largest absolute Gasteiger partial charge is 0.485 e. The molecule has 0 unspecified atom stereocenters. The van der Waals surface area contributed by atoms with Gasteiger partial charge in [0.05, 0.1) is 6.04 Å². The van der Waals surface area contributed by atoms with Crippen LogP contribution >= 0.6 is 30.4 Å². The third kappa shape index (κ3) is 5.09. The van der Waals surface area contributed by atoms with E-state index < -0.39 is 31.5 Å². The molecule has 1 amide bonds. The van der Waals surface area contributed by atoms with Crippen molar-refractivity contribution in [2.24, 2.45) is 0 Å². The van der Waals surface area contributed by atoms with Gasteiger partial charge in [-0.15, -0.1) is 0 Å². The molecule has 2 aromatic carbocycles. The average Bonchev–Trinajstić information content (AvgIpc) is 2.62. The number of hydrogen-bond acceptors (Lipinski definition) is 5. The minimum Gasteiger partial charge on any atom is -0.485 e. The van der Waals surface area contributed by atoms with Gasteiger partial charge in [0.1, 0.15) is 17.5 Å². The van der Waals surface area contributed by atoms with Gasteiger partial charge in [0, 0.05) is 20.3 Å². The van der Waals surface area contributed by atoms with Gasteiger partial charge in [-0.05, 0) is 79.8 Å². The molecule has 3 N–H and O–H groups in total. The van der Waals surface area contributed by atoms with Crippen LogP contribution < -0.4 is 10.1 Å². The summed E-state index contributed by atoms with van der Waals surface area (Å²) in [4.78, 5) is 43.7. The van der Waals surface area contributed by atoms with Crippen LogP contribution in [0.2, 0.25) is 0 Å². The maximum atomic E-state index is 12.9. The fourth-order valence-electron chi connectivity index (χ4n) is 3.35. The average molecular weight is 545 g/mol. The van der Waals surface area contributed by atoms with Crippen molar-refractivity contribution in [2.45, 2.75) is 38.5 Å². The highest BCUT2D eigenvalue weighted by Crippen LogP contribution is 2.48. The molecule has 0 bridgehead atoms. The summed E-state index contributed by atoms with van der Waals surface area (Å²) in [6, 6.07) is 10.7. The number of halogens is 1. The van der Waals surface area contributed by atoms with Crippen molar-refractivity contribution in [3.05, 3.63) is 62.7 Å². The molecule has 30 heavy (non-hydrogen) atoms. The molecule has 8 nitrogen and oxygen atoms in total. The molecule has 160 valence electrons. The van der Waals surface area contributed by atoms with Gasteiger partial charge < -0.3 is 19.8 Å². The number of amides is 1. The Bertz CT molecular complexity index is 1050. The van der Waals surface area contributed by atoms with E-state index in [4.69, 9.17) is 9.26 Å². The van der Waals surface area contributed by atoms with Gasteiger partial charge in [0.15, 0.2) is 5.78 Å². The van der Waals surface area contributed by atoms with Gasteiger partial charge in [-0.3, -0.25) is 14.1 Å². The molecule has 10 heteroatoms. The van der Waals surface area contributed by atoms with E-state index >= 15 is 0 Å². The number of phosphoric acid groups is 1. The summed E-state index contributed by atoms with van der Waals surface area (Å²) in [6.07, 6.45) is -1.22. The summed E-state index contributed by atoms with van der Waals surface area (Å²) >= 11 is 2.08. The van der Waals surface area contributed by atoms with Crippen molar-refractivity contribution in [3.8, 4) is 5.75 Å². The highest BCUT2D eigenvalue weighted by molar-refractivity contribution is 14.1. The van der Waals surface area contributed by atoms with Gasteiger partial charge in [-0.2, -0.15) is 0 Å². The summed E-state index contributed by atoms with van der Waals surface area (Å²) in [6.45, 7) is 4.62. The van der Waals surface area contributed by atoms with Crippen molar-refractivity contribution in [1.82, 2.24) is 5.32 Å². The summed E-state index contributed by atoms with van der Waals surface area (Å²) < 4.78 is 23.5. The summed E-state index contributed by atoms with van der Waals surface area (Å²) in [5.74, 6) is -0.254. The number of Topliss-reactive ketones (excluding diaryl/α,β-unsaturated/α-hetero) is 1. The van der Waals surface area contributed by atoms with Crippen LogP contribution in [0.1, 0.15) is 53.1 Å². The van der Waals surface area contributed by atoms with E-state index in [1.54, 1.807) is 50.2 Å². The Morgan fingerprint density at radius 2 is 1.87 bits per heavy atom. The second kappa shape index (κ2) is 8.39. The second-order valence-corrected chi connectivity index (χ2v) is 9.93. The number of fused-ring (bicyclic) bond motifs is 1. The lowest BCUT2D eigenvalue weighted by Gasteiger charge is -2.44. The number of carbonyl (C=O) groups is 2. The maximum absolute atomic E-state index is 12.9. The fourth-order valence-corrected chi connectivity index (χ4v) is 4.57. The highest BCUT2D eigenvalue weighted by atomic mass is 127. The third-order valence-corrected chi connectivity index (χ3v) is 5.91. The molecule has 0 saturated carbocycles. The predicted molar refractivity (Wildman–Crippen MR) is 117 cm³/mol. The number of ketones is 1. The zero-order valence-corrected chi connectivity index (χ0v) is 19.5. The lowest BCUT2D eigenvalue weighted by Crippen LogP contribution is -2.54. The zero-order valence-electron chi connectivity index (χ0n) is 16.5. The molecule has 0 aromatic heterocycles. The number of carbonyl (C=O) groups excluding carboxylic acids is 2. The number of nitrogens with one attached hydrogen (secondary N) is 1. The number of hydrogen-bond donors (Lipinski definition) is 3. The van der Waals surface area contributed by atoms with Crippen molar-refractivity contribution in [3.63, 3.8) is 0 Å². The SMILES string of the molecule is CC(=O)c1ccc2c(c1)[C@H](NC(=O)c1cccc(I)c1)[C@@H](OP(=O)(O)O)C(C)(C)O2. The Hall–Kier alpha value is -1.78. The van der Waals surface area contributed by atoms with Crippen LogP contribution in [0.15, 0.2) is 42.5 Å². The minimum absolute atomic E-state index is 0.197. The van der Waals surface area contributed by atoms with Gasteiger partial charge in [-0.25, -0.2) is 4.57 Å². The van der Waals surface area contributed by atoms with Crippen LogP contribution in [0.25, 0.3) is 0 Å². The molecule has 1 heterocycles. The van der Waals surface area contributed by atoms with E-state index in [0.29, 0.717) is 22.4 Å². The Morgan fingerprint density at radius 1 is 1.17 bits per heavy atom. The first kappa shape index (κ1) is 22.9. The van der Waals surface area contributed by atoms with Crippen LogP contribution in [-0.4, -0.2) is 33.2 Å². The maximum Gasteiger partial charge on any atom is 0.470 e. The molecular formula is C20H21INO7P. The van der Waals surface area contributed by atoms with Crippen LogP contribution in [0.3, 0.4) is 0 Å². The van der Waals surface area contributed by atoms with Crippen molar-refractivity contribution in [2.75, 3.05) is 0 Å². The van der Waals surface area contributed by atoms with E-state index in [-0.39, 0.29) is 5.78 Å². The first-order chi connectivity index (χ1) is 13.9. The van der Waals surface area contributed by atoms with Crippen LogP contribution in [0.5, 0.6) is 5.75 Å². The second-order valence-electron chi connectivity index (χ2n) is 7.49. The Balaban J connectivity index is 2.09. The number of benzene rings is 2. The van der Waals surface area contributed by atoms with Gasteiger partial charge in [-0.1, -0.05) is 6.07 Å². The number of rotatable bonds is 5. The smallest absolute Gasteiger partial charge is 0.470 e. The Kier molecular flexibility index (Phi) is 6.41. The molecule has 3 rings (SSSR count). The lowest BCUT2D eigenvalue weighted by atomic mass is 9.85. The standard InChI is InChI=1S/C20H21INO7P/c1-11(23)12-7-8-16-15(10-12)17(18(20(2,3)28-16)29-30(25,26)27)22-19(24)13-5-4-6-14(21)9-13/h4-10,17-18H,1-3H3,(H,22,24)(H2,25,26,27)/t17-,18+/m0/s1. The Labute approximate surface area is 187 Å². The third-order valence-electron chi connectivity index (χ3n) is 4.74. The first-order valence-corrected chi connectivity index (χ1v) is 11.6. The van der Waals surface area contributed by atoms with E-state index in [9.17, 15) is 23.9 Å². The van der Waals surface area contributed by atoms with Crippen molar-refractivity contribution >= 4 is 42.1 Å². The van der Waals surface area contributed by atoms with E-state index in [2.05, 4.69) is 27.9 Å². The minimum atomic E-state index is -4.92. The van der Waals surface area contributed by atoms with Gasteiger partial charge >= 0.3 is 7.82 Å². The monoisotopic (exact) mass is 545 g/mol. The zero-order chi connectivity index (χ0) is 22.3. The normalized spacial score (nSPS) is 20.1. The predicted octanol–water partition coefficient (Wildman–Crippen LogP) is 3.61. The number of ether oxygens (including phenoxy) is 1. The molecule has 0 spiro atoms. The molecule has 2 aromatic rings. The van der Waals surface area contributed by atoms with Gasteiger partial charge in [0.2, 0.25) is 0 Å². The van der Waals surface area contributed by atoms with E-state index in [1.807, 2.05) is 6.07 Å². The highest BCUT2D eigenvalue weighted by Gasteiger charge is 2.48. The number of phosphoric ester groups is 1. The molecule has 1 aliphatic rings.